The first-order valence-electron chi connectivity index (χ1n) is 19.0. The van der Waals surface area contributed by atoms with Gasteiger partial charge in [0.25, 0.3) is 0 Å². The van der Waals surface area contributed by atoms with Crippen molar-refractivity contribution in [3.63, 3.8) is 0 Å². The van der Waals surface area contributed by atoms with Gasteiger partial charge in [0.05, 0.1) is 17.1 Å². The number of aromatic nitrogens is 4. The first-order valence-corrected chi connectivity index (χ1v) is 19.0. The summed E-state index contributed by atoms with van der Waals surface area (Å²) in [5.41, 5.74) is 15.4. The Labute approximate surface area is 324 Å². The monoisotopic (exact) mass is 714 g/mol. The lowest BCUT2D eigenvalue weighted by molar-refractivity contribution is 1.19. The maximum Gasteiger partial charge on any atom is 0.145 e. The Morgan fingerprint density at radius 2 is 0.839 bits per heavy atom. The van der Waals surface area contributed by atoms with Gasteiger partial charge >= 0.3 is 0 Å². The fraction of sp³-hybridized carbons (Fsp3) is 0. The summed E-state index contributed by atoms with van der Waals surface area (Å²) in [5.74, 6) is 0. The highest BCUT2D eigenvalue weighted by Crippen LogP contribution is 2.44. The Kier molecular flexibility index (Phi) is 7.46. The highest BCUT2D eigenvalue weighted by Gasteiger charge is 2.18. The molecule has 0 saturated heterocycles. The summed E-state index contributed by atoms with van der Waals surface area (Å²) >= 11 is 0. The minimum absolute atomic E-state index is 0.932. The SMILES string of the molecule is c1ccc(-c2cccn3cc(-c4ccc(-c5c6ccccc6c(-c6ccc(-c7cn8c(-c9ccccc9)cccc8n7)cc6)c6ccccc56)cc4)nc23)cc1. The van der Waals surface area contributed by atoms with Crippen LogP contribution in [0.1, 0.15) is 0 Å². The predicted molar refractivity (Wildman–Crippen MR) is 232 cm³/mol. The van der Waals surface area contributed by atoms with E-state index in [2.05, 4.69) is 203 Å². The smallest absolute Gasteiger partial charge is 0.145 e. The van der Waals surface area contributed by atoms with Crippen molar-refractivity contribution in [1.29, 1.82) is 0 Å². The number of hydrogen-bond donors (Lipinski definition) is 0. The van der Waals surface area contributed by atoms with Crippen molar-refractivity contribution in [3.8, 4) is 67.2 Å². The van der Waals surface area contributed by atoms with Gasteiger partial charge in [0.2, 0.25) is 0 Å². The minimum Gasteiger partial charge on any atom is -0.306 e. The van der Waals surface area contributed by atoms with E-state index < -0.39 is 0 Å². The van der Waals surface area contributed by atoms with E-state index in [0.717, 1.165) is 50.6 Å². The second-order valence-corrected chi connectivity index (χ2v) is 14.3. The van der Waals surface area contributed by atoms with Crippen LogP contribution in [-0.2, 0) is 0 Å². The van der Waals surface area contributed by atoms with Crippen LogP contribution in [0.2, 0.25) is 0 Å². The van der Waals surface area contributed by atoms with E-state index in [-0.39, 0.29) is 0 Å². The molecule has 0 aliphatic carbocycles. The molecule has 0 radical (unpaired) electrons. The van der Waals surface area contributed by atoms with E-state index >= 15 is 0 Å². The van der Waals surface area contributed by atoms with Crippen molar-refractivity contribution in [3.05, 3.63) is 207 Å². The van der Waals surface area contributed by atoms with E-state index in [1.807, 2.05) is 12.1 Å². The fourth-order valence-corrected chi connectivity index (χ4v) is 8.35. The molecule has 4 nitrogen and oxygen atoms in total. The van der Waals surface area contributed by atoms with Crippen LogP contribution < -0.4 is 0 Å². The lowest BCUT2D eigenvalue weighted by Crippen LogP contribution is -1.91. The fourth-order valence-electron chi connectivity index (χ4n) is 8.35. The minimum atomic E-state index is 0.932. The summed E-state index contributed by atoms with van der Waals surface area (Å²) in [6, 6.07) is 66.9. The molecule has 0 N–H and O–H groups in total. The van der Waals surface area contributed by atoms with Crippen LogP contribution >= 0.6 is 0 Å². The molecule has 0 atom stereocenters. The van der Waals surface area contributed by atoms with E-state index in [1.165, 1.54) is 49.4 Å². The molecule has 4 heterocycles. The van der Waals surface area contributed by atoms with Crippen molar-refractivity contribution in [1.82, 2.24) is 18.8 Å². The molecule has 11 aromatic rings. The van der Waals surface area contributed by atoms with Gasteiger partial charge in [-0.05, 0) is 79.2 Å². The molecular weight excluding hydrogens is 681 g/mol. The summed E-state index contributed by atoms with van der Waals surface area (Å²) in [4.78, 5) is 10.1. The lowest BCUT2D eigenvalue weighted by atomic mass is 9.85. The van der Waals surface area contributed by atoms with Crippen LogP contribution in [-0.4, -0.2) is 18.8 Å². The number of benzene rings is 7. The third-order valence-electron chi connectivity index (χ3n) is 11.0. The van der Waals surface area contributed by atoms with Gasteiger partial charge in [-0.1, -0.05) is 164 Å². The van der Waals surface area contributed by atoms with Crippen molar-refractivity contribution in [2.75, 3.05) is 0 Å². The van der Waals surface area contributed by atoms with Gasteiger partial charge in [0, 0.05) is 35.3 Å². The molecule has 0 aliphatic rings. The summed E-state index contributed by atoms with van der Waals surface area (Å²) < 4.78 is 4.31. The zero-order valence-corrected chi connectivity index (χ0v) is 30.4. The normalized spacial score (nSPS) is 11.6. The summed E-state index contributed by atoms with van der Waals surface area (Å²) in [7, 11) is 0. The molecule has 0 unspecified atom stereocenters. The number of pyridine rings is 2. The van der Waals surface area contributed by atoms with E-state index in [9.17, 15) is 0 Å². The number of nitrogens with zero attached hydrogens (tertiary/aromatic N) is 4. The number of imidazole rings is 2. The van der Waals surface area contributed by atoms with Crippen molar-refractivity contribution >= 4 is 32.8 Å². The maximum absolute atomic E-state index is 5.12. The molecular formula is C52H34N4. The van der Waals surface area contributed by atoms with Crippen LogP contribution in [0.15, 0.2) is 207 Å². The van der Waals surface area contributed by atoms with Gasteiger partial charge in [-0.2, -0.15) is 0 Å². The molecule has 0 fully saturated rings. The highest BCUT2D eigenvalue weighted by atomic mass is 15.0. The highest BCUT2D eigenvalue weighted by molar-refractivity contribution is 6.21. The molecule has 4 aromatic heterocycles. The van der Waals surface area contributed by atoms with Gasteiger partial charge in [-0.25, -0.2) is 9.97 Å². The molecule has 11 rings (SSSR count). The first kappa shape index (κ1) is 31.9. The average molecular weight is 715 g/mol. The Bertz CT molecular complexity index is 2940. The third kappa shape index (κ3) is 5.31. The predicted octanol–water partition coefficient (Wildman–Crippen LogP) is 13.3. The second-order valence-electron chi connectivity index (χ2n) is 14.3. The topological polar surface area (TPSA) is 34.6 Å². The Balaban J connectivity index is 0.983. The van der Waals surface area contributed by atoms with E-state index in [4.69, 9.17) is 9.97 Å². The first-order chi connectivity index (χ1) is 27.8. The lowest BCUT2D eigenvalue weighted by Gasteiger charge is -2.18. The van der Waals surface area contributed by atoms with Crippen molar-refractivity contribution in [2.24, 2.45) is 0 Å². The van der Waals surface area contributed by atoms with Crippen molar-refractivity contribution < 1.29 is 0 Å². The summed E-state index contributed by atoms with van der Waals surface area (Å²) in [5, 5.41) is 4.92. The number of fused-ring (bicyclic) bond motifs is 4. The van der Waals surface area contributed by atoms with Gasteiger partial charge in [0.15, 0.2) is 0 Å². The number of rotatable bonds is 6. The molecule has 0 saturated carbocycles. The molecule has 262 valence electrons. The van der Waals surface area contributed by atoms with E-state index in [1.54, 1.807) is 0 Å². The van der Waals surface area contributed by atoms with Gasteiger partial charge < -0.3 is 4.40 Å². The second kappa shape index (κ2) is 13.1. The van der Waals surface area contributed by atoms with Gasteiger partial charge in [-0.3, -0.25) is 4.40 Å². The zero-order valence-electron chi connectivity index (χ0n) is 30.4. The van der Waals surface area contributed by atoms with E-state index in [0.29, 0.717) is 0 Å². The molecule has 4 heteroatoms. The number of hydrogen-bond acceptors (Lipinski definition) is 2. The standard InChI is InChI=1S/C52H34N4/c1-3-13-35(14-4-1)41-21-12-32-55-33-46(54-52(41)55)36-24-28-39(29-25-36)50-42-17-7-9-19-44(42)51(45-20-10-8-18-43(45)50)40-30-26-37(27-31-40)47-34-56-48(22-11-23-49(56)53-47)38-15-5-2-6-16-38/h1-34H. The zero-order chi connectivity index (χ0) is 37.0. The molecule has 0 spiro atoms. The summed E-state index contributed by atoms with van der Waals surface area (Å²) in [6.07, 6.45) is 6.34. The van der Waals surface area contributed by atoms with Crippen molar-refractivity contribution in [2.45, 2.75) is 0 Å². The van der Waals surface area contributed by atoms with Crippen LogP contribution in [0.5, 0.6) is 0 Å². The third-order valence-corrected chi connectivity index (χ3v) is 11.0. The van der Waals surface area contributed by atoms with Gasteiger partial charge in [0.1, 0.15) is 11.3 Å². The quantitative estimate of drug-likeness (QED) is 0.161. The molecule has 0 aliphatic heterocycles. The van der Waals surface area contributed by atoms with Gasteiger partial charge in [-0.15, -0.1) is 0 Å². The molecule has 0 amide bonds. The Morgan fingerprint density at radius 3 is 1.41 bits per heavy atom. The molecule has 0 bridgehead atoms. The van der Waals surface area contributed by atoms with Crippen LogP contribution in [0, 0.1) is 0 Å². The average Bonchev–Trinajstić information content (AvgIpc) is 3.92. The van der Waals surface area contributed by atoms with Crippen LogP contribution in [0.4, 0.5) is 0 Å². The molecule has 56 heavy (non-hydrogen) atoms. The largest absolute Gasteiger partial charge is 0.306 e. The Morgan fingerprint density at radius 1 is 0.339 bits per heavy atom. The maximum atomic E-state index is 5.12. The van der Waals surface area contributed by atoms with Crippen LogP contribution in [0.25, 0.3) is 100.0 Å². The van der Waals surface area contributed by atoms with Crippen LogP contribution in [0.3, 0.4) is 0 Å². The summed E-state index contributed by atoms with van der Waals surface area (Å²) in [6.45, 7) is 0. The Hall–Kier alpha value is -7.56. The molecule has 7 aromatic carbocycles.